The standard InChI is InChI=1S/C12H14N2O2/c1-8-5-9(3-4-11(8)16-2)10-6-13-12(7-15)14-10/h3-6,15H,7H2,1-2H3,(H,13,14). The molecule has 1 heterocycles. The normalized spacial score (nSPS) is 10.4. The molecule has 0 spiro atoms. The van der Waals surface area contributed by atoms with Gasteiger partial charge in [0.1, 0.15) is 18.2 Å². The number of ether oxygens (including phenoxy) is 1. The first kappa shape index (κ1) is 10.7. The maximum atomic E-state index is 8.92. The predicted octanol–water partition coefficient (Wildman–Crippen LogP) is 1.89. The van der Waals surface area contributed by atoms with Gasteiger partial charge in [-0.3, -0.25) is 0 Å². The van der Waals surface area contributed by atoms with Gasteiger partial charge in [-0.15, -0.1) is 0 Å². The number of methoxy groups -OCH3 is 1. The molecule has 0 aliphatic carbocycles. The van der Waals surface area contributed by atoms with Crippen LogP contribution < -0.4 is 4.74 Å². The van der Waals surface area contributed by atoms with Gasteiger partial charge in [-0.25, -0.2) is 4.98 Å². The van der Waals surface area contributed by atoms with Crippen molar-refractivity contribution in [2.24, 2.45) is 0 Å². The average Bonchev–Trinajstić information content (AvgIpc) is 2.77. The van der Waals surface area contributed by atoms with Gasteiger partial charge in [0.2, 0.25) is 0 Å². The van der Waals surface area contributed by atoms with Gasteiger partial charge in [0, 0.05) is 5.56 Å². The number of aryl methyl sites for hydroxylation is 1. The molecule has 0 aliphatic heterocycles. The number of aromatic amines is 1. The lowest BCUT2D eigenvalue weighted by Gasteiger charge is -2.05. The molecule has 0 bridgehead atoms. The summed E-state index contributed by atoms with van der Waals surface area (Å²) in [4.78, 5) is 7.09. The maximum Gasteiger partial charge on any atom is 0.132 e. The van der Waals surface area contributed by atoms with E-state index in [0.29, 0.717) is 5.82 Å². The number of aliphatic hydroxyl groups is 1. The third-order valence-electron chi connectivity index (χ3n) is 2.48. The number of nitrogens with one attached hydrogen (secondary N) is 1. The highest BCUT2D eigenvalue weighted by atomic mass is 16.5. The van der Waals surface area contributed by atoms with Gasteiger partial charge in [0.15, 0.2) is 0 Å². The second-order valence-electron chi connectivity index (χ2n) is 3.59. The molecule has 4 heteroatoms. The number of hydrogen-bond acceptors (Lipinski definition) is 3. The second-order valence-corrected chi connectivity index (χ2v) is 3.59. The Balaban J connectivity index is 2.37. The molecule has 2 aromatic rings. The van der Waals surface area contributed by atoms with E-state index in [2.05, 4.69) is 9.97 Å². The summed E-state index contributed by atoms with van der Waals surface area (Å²) in [5.41, 5.74) is 3.00. The van der Waals surface area contributed by atoms with Crippen LogP contribution in [0.2, 0.25) is 0 Å². The Kier molecular flexibility index (Phi) is 2.92. The third-order valence-corrected chi connectivity index (χ3v) is 2.48. The molecule has 1 aromatic carbocycles. The monoisotopic (exact) mass is 218 g/mol. The summed E-state index contributed by atoms with van der Waals surface area (Å²) in [5, 5.41) is 8.92. The SMILES string of the molecule is COc1ccc(-c2cnc(CO)[nH]2)cc1C. The van der Waals surface area contributed by atoms with Gasteiger partial charge in [-0.05, 0) is 30.7 Å². The van der Waals surface area contributed by atoms with Crippen molar-refractivity contribution in [1.82, 2.24) is 9.97 Å². The largest absolute Gasteiger partial charge is 0.496 e. The zero-order valence-electron chi connectivity index (χ0n) is 9.32. The molecule has 2 N–H and O–H groups in total. The van der Waals surface area contributed by atoms with Crippen molar-refractivity contribution in [1.29, 1.82) is 0 Å². The summed E-state index contributed by atoms with van der Waals surface area (Å²) < 4.78 is 5.20. The van der Waals surface area contributed by atoms with Crippen molar-refractivity contribution in [2.75, 3.05) is 7.11 Å². The number of aromatic nitrogens is 2. The van der Waals surface area contributed by atoms with E-state index in [1.54, 1.807) is 13.3 Å². The molecule has 0 atom stereocenters. The highest BCUT2D eigenvalue weighted by Gasteiger charge is 2.05. The molecule has 0 amide bonds. The third kappa shape index (κ3) is 1.92. The quantitative estimate of drug-likeness (QED) is 0.827. The van der Waals surface area contributed by atoms with Crippen molar-refractivity contribution in [3.63, 3.8) is 0 Å². The molecule has 0 aliphatic rings. The summed E-state index contributed by atoms with van der Waals surface area (Å²) in [5.74, 6) is 1.44. The van der Waals surface area contributed by atoms with Crippen LogP contribution in [0.25, 0.3) is 11.3 Å². The minimum absolute atomic E-state index is 0.0743. The zero-order valence-corrected chi connectivity index (χ0v) is 9.32. The molecule has 0 saturated carbocycles. The summed E-state index contributed by atoms with van der Waals surface area (Å²) in [6.07, 6.45) is 1.72. The van der Waals surface area contributed by atoms with Crippen LogP contribution in [0.4, 0.5) is 0 Å². The Morgan fingerprint density at radius 1 is 1.44 bits per heavy atom. The second kappa shape index (κ2) is 4.37. The summed E-state index contributed by atoms with van der Waals surface area (Å²) >= 11 is 0. The van der Waals surface area contributed by atoms with Gasteiger partial charge in [0.05, 0.1) is 19.0 Å². The number of rotatable bonds is 3. The van der Waals surface area contributed by atoms with E-state index in [-0.39, 0.29) is 6.61 Å². The van der Waals surface area contributed by atoms with Crippen LogP contribution in [-0.4, -0.2) is 22.2 Å². The molecular formula is C12H14N2O2. The van der Waals surface area contributed by atoms with E-state index in [0.717, 1.165) is 22.6 Å². The summed E-state index contributed by atoms with van der Waals surface area (Å²) in [7, 11) is 1.65. The number of imidazole rings is 1. The lowest BCUT2D eigenvalue weighted by molar-refractivity contribution is 0.272. The first-order valence-electron chi connectivity index (χ1n) is 5.04. The first-order valence-corrected chi connectivity index (χ1v) is 5.04. The van der Waals surface area contributed by atoms with Crippen molar-refractivity contribution in [3.8, 4) is 17.0 Å². The fraction of sp³-hybridized carbons (Fsp3) is 0.250. The Morgan fingerprint density at radius 3 is 2.81 bits per heavy atom. The van der Waals surface area contributed by atoms with Gasteiger partial charge in [0.25, 0.3) is 0 Å². The van der Waals surface area contributed by atoms with Crippen LogP contribution in [0.15, 0.2) is 24.4 Å². The average molecular weight is 218 g/mol. The molecule has 1 aromatic heterocycles. The van der Waals surface area contributed by atoms with Crippen LogP contribution in [0.3, 0.4) is 0 Å². The fourth-order valence-corrected chi connectivity index (χ4v) is 1.64. The highest BCUT2D eigenvalue weighted by molar-refractivity contribution is 5.61. The van der Waals surface area contributed by atoms with Gasteiger partial charge in [-0.1, -0.05) is 0 Å². The predicted molar refractivity (Wildman–Crippen MR) is 61.2 cm³/mol. The molecular weight excluding hydrogens is 204 g/mol. The molecule has 16 heavy (non-hydrogen) atoms. The van der Waals surface area contributed by atoms with Gasteiger partial charge < -0.3 is 14.8 Å². The van der Waals surface area contributed by atoms with E-state index in [9.17, 15) is 0 Å². The van der Waals surface area contributed by atoms with Crippen molar-refractivity contribution in [2.45, 2.75) is 13.5 Å². The maximum absolute atomic E-state index is 8.92. The molecule has 0 unspecified atom stereocenters. The molecule has 4 nitrogen and oxygen atoms in total. The summed E-state index contributed by atoms with van der Waals surface area (Å²) in [6.45, 7) is 1.92. The van der Waals surface area contributed by atoms with Crippen LogP contribution >= 0.6 is 0 Å². The molecule has 0 radical (unpaired) electrons. The number of benzene rings is 1. The van der Waals surface area contributed by atoms with E-state index >= 15 is 0 Å². The van der Waals surface area contributed by atoms with Crippen molar-refractivity contribution >= 4 is 0 Å². The van der Waals surface area contributed by atoms with E-state index in [1.807, 2.05) is 25.1 Å². The topological polar surface area (TPSA) is 58.1 Å². The molecule has 84 valence electrons. The number of H-pyrrole nitrogens is 1. The van der Waals surface area contributed by atoms with Crippen molar-refractivity contribution in [3.05, 3.63) is 35.8 Å². The first-order chi connectivity index (χ1) is 7.74. The summed E-state index contributed by atoms with van der Waals surface area (Å²) in [6, 6.07) is 5.90. The number of nitrogens with zero attached hydrogens (tertiary/aromatic N) is 1. The Bertz CT molecular complexity index is 492. The van der Waals surface area contributed by atoms with Gasteiger partial charge in [-0.2, -0.15) is 0 Å². The van der Waals surface area contributed by atoms with E-state index in [1.165, 1.54) is 0 Å². The smallest absolute Gasteiger partial charge is 0.132 e. The number of hydrogen-bond donors (Lipinski definition) is 2. The minimum atomic E-state index is -0.0743. The molecule has 2 rings (SSSR count). The van der Waals surface area contributed by atoms with Crippen molar-refractivity contribution < 1.29 is 9.84 Å². The van der Waals surface area contributed by atoms with Crippen LogP contribution in [-0.2, 0) is 6.61 Å². The van der Waals surface area contributed by atoms with Crippen LogP contribution in [0, 0.1) is 6.92 Å². The number of aliphatic hydroxyl groups excluding tert-OH is 1. The molecule has 0 saturated heterocycles. The fourth-order valence-electron chi connectivity index (χ4n) is 1.64. The van der Waals surface area contributed by atoms with E-state index < -0.39 is 0 Å². The van der Waals surface area contributed by atoms with Gasteiger partial charge >= 0.3 is 0 Å². The zero-order chi connectivity index (χ0) is 11.5. The Morgan fingerprint density at radius 2 is 2.25 bits per heavy atom. The minimum Gasteiger partial charge on any atom is -0.496 e. The van der Waals surface area contributed by atoms with E-state index in [4.69, 9.17) is 9.84 Å². The molecule has 0 fully saturated rings. The lowest BCUT2D eigenvalue weighted by Crippen LogP contribution is -1.88. The van der Waals surface area contributed by atoms with Crippen LogP contribution in [0.1, 0.15) is 11.4 Å². The lowest BCUT2D eigenvalue weighted by atomic mass is 10.1. The van der Waals surface area contributed by atoms with Crippen LogP contribution in [0.5, 0.6) is 5.75 Å². The Labute approximate surface area is 93.9 Å². The Hall–Kier alpha value is -1.81. The highest BCUT2D eigenvalue weighted by Crippen LogP contribution is 2.24.